The van der Waals surface area contributed by atoms with Crippen LogP contribution in [0.1, 0.15) is 41.0 Å². The lowest BCUT2D eigenvalue weighted by Crippen LogP contribution is -2.27. The van der Waals surface area contributed by atoms with Crippen LogP contribution in [-0.4, -0.2) is 19.7 Å². The summed E-state index contributed by atoms with van der Waals surface area (Å²) in [4.78, 5) is 0. The van der Waals surface area contributed by atoms with Crippen molar-refractivity contribution in [2.24, 2.45) is 5.92 Å². The van der Waals surface area contributed by atoms with E-state index in [0.29, 0.717) is 18.8 Å². The summed E-state index contributed by atoms with van der Waals surface area (Å²) in [5.74, 6) is 0.947. The van der Waals surface area contributed by atoms with Crippen LogP contribution in [0.25, 0.3) is 0 Å². The normalized spacial score (nSPS) is 14.7. The second-order valence-electron chi connectivity index (χ2n) is 7.21. The van der Waals surface area contributed by atoms with Crippen molar-refractivity contribution in [3.63, 3.8) is 0 Å². The van der Waals surface area contributed by atoms with Crippen molar-refractivity contribution >= 4 is 17.0 Å². The minimum atomic E-state index is -0.196. The van der Waals surface area contributed by atoms with Crippen LogP contribution in [0.2, 0.25) is 0 Å². The molecule has 2 aromatic carbocycles. The van der Waals surface area contributed by atoms with Crippen LogP contribution >= 0.6 is 17.0 Å². The molecule has 0 saturated heterocycles. The molecule has 26 heavy (non-hydrogen) atoms. The fourth-order valence-corrected chi connectivity index (χ4v) is 3.43. The Hall–Kier alpha value is -1.23. The predicted molar refractivity (Wildman–Crippen MR) is 111 cm³/mol. The molecule has 4 heteroatoms. The summed E-state index contributed by atoms with van der Waals surface area (Å²) < 4.78 is 19.7. The lowest BCUT2D eigenvalue weighted by molar-refractivity contribution is 0.104. The van der Waals surface area contributed by atoms with Crippen LogP contribution in [0, 0.1) is 25.6 Å². The van der Waals surface area contributed by atoms with Gasteiger partial charge in [0.05, 0.1) is 13.2 Å². The summed E-state index contributed by atoms with van der Waals surface area (Å²) in [6, 6.07) is 13.2. The zero-order chi connectivity index (χ0) is 17.6. The summed E-state index contributed by atoms with van der Waals surface area (Å²) in [5, 5.41) is 3.61. The van der Waals surface area contributed by atoms with Gasteiger partial charge < -0.3 is 10.1 Å². The number of rotatable bonds is 9. The van der Waals surface area contributed by atoms with E-state index in [1.54, 1.807) is 12.1 Å². The molecule has 1 aliphatic rings. The average Bonchev–Trinajstić information content (AvgIpc) is 3.40. The topological polar surface area (TPSA) is 21.3 Å². The first-order valence-electron chi connectivity index (χ1n) is 9.23. The Balaban J connectivity index is 0.00000243. The van der Waals surface area contributed by atoms with Crippen molar-refractivity contribution in [1.82, 2.24) is 5.32 Å². The van der Waals surface area contributed by atoms with Crippen molar-refractivity contribution in [2.75, 3.05) is 19.7 Å². The van der Waals surface area contributed by atoms with Gasteiger partial charge in [0.1, 0.15) is 5.82 Å². The van der Waals surface area contributed by atoms with Gasteiger partial charge in [-0.2, -0.15) is 0 Å². The largest absolute Gasteiger partial charge is 0.376 e. The van der Waals surface area contributed by atoms with E-state index in [2.05, 4.69) is 37.4 Å². The lowest BCUT2D eigenvalue weighted by atomic mass is 9.91. The number of hydrogen-bond acceptors (Lipinski definition) is 2. The number of ether oxygens (including phenoxy) is 1. The Morgan fingerprint density at radius 2 is 1.77 bits per heavy atom. The van der Waals surface area contributed by atoms with Crippen LogP contribution in [0.4, 0.5) is 4.39 Å². The maximum absolute atomic E-state index is 13.8. The molecule has 1 saturated carbocycles. The smallest absolute Gasteiger partial charge is 0.128 e. The summed E-state index contributed by atoms with van der Waals surface area (Å²) in [5.41, 5.74) is 4.58. The molecule has 2 nitrogen and oxygen atoms in total. The molecule has 0 amide bonds. The zero-order valence-electron chi connectivity index (χ0n) is 15.6. The Kier molecular flexibility index (Phi) is 8.26. The van der Waals surface area contributed by atoms with Crippen molar-refractivity contribution in [1.29, 1.82) is 0 Å². The summed E-state index contributed by atoms with van der Waals surface area (Å²) >= 11 is 0. The van der Waals surface area contributed by atoms with Crippen LogP contribution < -0.4 is 5.32 Å². The van der Waals surface area contributed by atoms with E-state index in [1.807, 2.05) is 6.07 Å². The minimum absolute atomic E-state index is 0. The van der Waals surface area contributed by atoms with Crippen LogP contribution in [0.15, 0.2) is 42.5 Å². The third-order valence-electron chi connectivity index (χ3n) is 5.01. The monoisotopic (exact) mass is 421 g/mol. The Morgan fingerprint density at radius 3 is 2.42 bits per heavy atom. The molecular weight excluding hydrogens is 393 g/mol. The van der Waals surface area contributed by atoms with E-state index in [1.165, 1.54) is 35.6 Å². The molecule has 1 unspecified atom stereocenters. The maximum atomic E-state index is 13.8. The van der Waals surface area contributed by atoms with Crippen molar-refractivity contribution in [2.45, 2.75) is 39.2 Å². The SMILES string of the molecule is Br.Cc1cccc(C)c1C(CNCC1CC1)COCc1ccccc1F. The number of nitrogens with one attached hydrogen (secondary N) is 1. The van der Waals surface area contributed by atoms with E-state index in [0.717, 1.165) is 19.0 Å². The number of aryl methyl sites for hydroxylation is 2. The van der Waals surface area contributed by atoms with Crippen LogP contribution in [0.3, 0.4) is 0 Å². The predicted octanol–water partition coefficient (Wildman–Crippen LogP) is 5.32. The van der Waals surface area contributed by atoms with E-state index in [4.69, 9.17) is 4.74 Å². The second-order valence-corrected chi connectivity index (χ2v) is 7.21. The number of benzene rings is 2. The molecule has 0 heterocycles. The molecular formula is C22H29BrFNO. The fourth-order valence-electron chi connectivity index (χ4n) is 3.43. The Bertz CT molecular complexity index is 682. The highest BCUT2D eigenvalue weighted by Gasteiger charge is 2.22. The third kappa shape index (κ3) is 5.90. The third-order valence-corrected chi connectivity index (χ3v) is 5.01. The van der Waals surface area contributed by atoms with Crippen molar-refractivity contribution in [3.05, 3.63) is 70.5 Å². The van der Waals surface area contributed by atoms with Gasteiger partial charge in [-0.05, 0) is 61.9 Å². The number of hydrogen-bond donors (Lipinski definition) is 1. The van der Waals surface area contributed by atoms with Gasteiger partial charge in [0, 0.05) is 18.0 Å². The first kappa shape index (κ1) is 21.1. The van der Waals surface area contributed by atoms with Crippen LogP contribution in [-0.2, 0) is 11.3 Å². The molecule has 0 aliphatic heterocycles. The maximum Gasteiger partial charge on any atom is 0.128 e. The van der Waals surface area contributed by atoms with Gasteiger partial charge in [-0.15, -0.1) is 17.0 Å². The van der Waals surface area contributed by atoms with E-state index >= 15 is 0 Å². The Morgan fingerprint density at radius 1 is 1.08 bits per heavy atom. The molecule has 3 rings (SSSR count). The van der Waals surface area contributed by atoms with Gasteiger partial charge in [-0.3, -0.25) is 0 Å². The van der Waals surface area contributed by atoms with Crippen molar-refractivity contribution < 1.29 is 9.13 Å². The fraction of sp³-hybridized carbons (Fsp3) is 0.455. The van der Waals surface area contributed by atoms with Gasteiger partial charge in [0.25, 0.3) is 0 Å². The van der Waals surface area contributed by atoms with Gasteiger partial charge in [-0.25, -0.2) is 4.39 Å². The van der Waals surface area contributed by atoms with Gasteiger partial charge in [0.2, 0.25) is 0 Å². The highest BCUT2D eigenvalue weighted by atomic mass is 79.9. The van der Waals surface area contributed by atoms with E-state index in [9.17, 15) is 4.39 Å². The standard InChI is InChI=1S/C22H28FNO.BrH/c1-16-6-5-7-17(2)22(16)20(13-24-12-18-10-11-18)15-25-14-19-8-3-4-9-21(19)23;/h3-9,18,20,24H,10-15H2,1-2H3;1H. The highest BCUT2D eigenvalue weighted by molar-refractivity contribution is 8.93. The van der Waals surface area contributed by atoms with Crippen LogP contribution in [0.5, 0.6) is 0 Å². The van der Waals surface area contributed by atoms with Gasteiger partial charge in [0.15, 0.2) is 0 Å². The lowest BCUT2D eigenvalue weighted by Gasteiger charge is -2.22. The summed E-state index contributed by atoms with van der Waals surface area (Å²) in [6.07, 6.45) is 2.70. The molecule has 142 valence electrons. The average molecular weight is 422 g/mol. The first-order chi connectivity index (χ1) is 12.1. The van der Waals surface area contributed by atoms with Crippen molar-refractivity contribution in [3.8, 4) is 0 Å². The number of halogens is 2. The van der Waals surface area contributed by atoms with E-state index in [-0.39, 0.29) is 28.7 Å². The molecule has 0 radical (unpaired) electrons. The Labute approximate surface area is 166 Å². The minimum Gasteiger partial charge on any atom is -0.376 e. The molecule has 1 N–H and O–H groups in total. The summed E-state index contributed by atoms with van der Waals surface area (Å²) in [6.45, 7) is 7.23. The molecule has 0 spiro atoms. The molecule has 0 bridgehead atoms. The van der Waals surface area contributed by atoms with E-state index < -0.39 is 0 Å². The molecule has 2 aromatic rings. The van der Waals surface area contributed by atoms with Gasteiger partial charge in [-0.1, -0.05) is 36.4 Å². The molecule has 1 fully saturated rings. The first-order valence-corrected chi connectivity index (χ1v) is 9.23. The molecule has 0 aromatic heterocycles. The van der Waals surface area contributed by atoms with Gasteiger partial charge >= 0.3 is 0 Å². The summed E-state index contributed by atoms with van der Waals surface area (Å²) in [7, 11) is 0. The zero-order valence-corrected chi connectivity index (χ0v) is 17.3. The highest BCUT2D eigenvalue weighted by Crippen LogP contribution is 2.28. The molecule has 1 atom stereocenters. The quantitative estimate of drug-likeness (QED) is 0.591. The second kappa shape index (κ2) is 10.2. The molecule has 1 aliphatic carbocycles.